The summed E-state index contributed by atoms with van der Waals surface area (Å²) in [7, 11) is 0. The van der Waals surface area contributed by atoms with Crippen LogP contribution in [-0.4, -0.2) is 38.8 Å². The first-order valence-electron chi connectivity index (χ1n) is 6.88. The zero-order valence-corrected chi connectivity index (χ0v) is 14.6. The van der Waals surface area contributed by atoms with Crippen LogP contribution >= 0.6 is 0 Å². The van der Waals surface area contributed by atoms with Gasteiger partial charge in [-0.3, -0.25) is 0 Å². The summed E-state index contributed by atoms with van der Waals surface area (Å²) in [6.45, 7) is 1.23. The molecule has 3 nitrogen and oxygen atoms in total. The number of unbranched alkanes of at least 4 members (excludes halogenated alkanes) is 1. The van der Waals surface area contributed by atoms with Crippen LogP contribution < -0.4 is 9.47 Å². The van der Waals surface area contributed by atoms with Crippen molar-refractivity contribution in [3.63, 3.8) is 0 Å². The number of carbonyl (C=O) groups is 1. The van der Waals surface area contributed by atoms with E-state index in [0.29, 0.717) is 24.3 Å². The average Bonchev–Trinajstić information content (AvgIpc) is 2.39. The fourth-order valence-electron chi connectivity index (χ4n) is 2.10. The molecule has 0 atom stereocenters. The van der Waals surface area contributed by atoms with E-state index < -0.39 is 19.8 Å². The average molecular weight is 368 g/mol. The van der Waals surface area contributed by atoms with Crippen molar-refractivity contribution in [3.05, 3.63) is 23.8 Å². The first-order chi connectivity index (χ1) is 9.16. The van der Waals surface area contributed by atoms with E-state index >= 15 is 0 Å². The Hall–Kier alpha value is -0.711. The second-order valence-electron chi connectivity index (χ2n) is 5.19. The van der Waals surface area contributed by atoms with Gasteiger partial charge in [0.05, 0.1) is 0 Å². The Bertz CT molecular complexity index is 443. The van der Waals surface area contributed by atoms with Gasteiger partial charge in [-0.15, -0.1) is 0 Å². The van der Waals surface area contributed by atoms with E-state index in [2.05, 4.69) is 9.88 Å². The van der Waals surface area contributed by atoms with Crippen molar-refractivity contribution in [3.8, 4) is 11.5 Å². The van der Waals surface area contributed by atoms with Gasteiger partial charge in [0.2, 0.25) is 0 Å². The van der Waals surface area contributed by atoms with Crippen LogP contribution in [0.5, 0.6) is 11.5 Å². The number of ether oxygens (including phenoxy) is 2. The molecule has 1 aliphatic heterocycles. The summed E-state index contributed by atoms with van der Waals surface area (Å²) >= 11 is -0.919. The first-order valence-corrected chi connectivity index (χ1v) is 14.6. The van der Waals surface area contributed by atoms with Gasteiger partial charge in [0.15, 0.2) is 0 Å². The molecule has 1 aliphatic rings. The van der Waals surface area contributed by atoms with Gasteiger partial charge < -0.3 is 0 Å². The van der Waals surface area contributed by atoms with Crippen molar-refractivity contribution in [1.29, 1.82) is 0 Å². The van der Waals surface area contributed by atoms with E-state index in [1.54, 1.807) is 0 Å². The summed E-state index contributed by atoms with van der Waals surface area (Å²) in [5.74, 6) is 1.63. The Morgan fingerprint density at radius 2 is 2.16 bits per heavy atom. The molecular weight excluding hydrogens is 347 g/mol. The normalized spacial score (nSPS) is 14.2. The van der Waals surface area contributed by atoms with Crippen molar-refractivity contribution in [2.45, 2.75) is 33.6 Å². The number of rotatable bonds is 6. The number of ketones is 1. The predicted molar refractivity (Wildman–Crippen MR) is 77.9 cm³/mol. The van der Waals surface area contributed by atoms with Crippen LogP contribution in [0.2, 0.25) is 14.3 Å². The van der Waals surface area contributed by atoms with Crippen molar-refractivity contribution in [1.82, 2.24) is 0 Å². The van der Waals surface area contributed by atoms with Crippen LogP contribution in [0.3, 0.4) is 0 Å². The minimum absolute atomic E-state index is 0.153. The summed E-state index contributed by atoms with van der Waals surface area (Å²) in [6, 6.07) is 5.54. The number of Topliss-reactive ketones (excluding diaryl/α,β-unsaturated/α-hetero) is 1. The third-order valence-electron chi connectivity index (χ3n) is 3.18. The fraction of sp³-hybridized carbons (Fsp3) is 0.533. The van der Waals surface area contributed by atoms with Crippen LogP contribution in [-0.2, 0) is 0 Å². The molecule has 0 saturated heterocycles. The van der Waals surface area contributed by atoms with Gasteiger partial charge in [-0.25, -0.2) is 0 Å². The Kier molecular flexibility index (Phi) is 5.55. The van der Waals surface area contributed by atoms with Crippen LogP contribution in [0.4, 0.5) is 0 Å². The van der Waals surface area contributed by atoms with Crippen LogP contribution in [0.25, 0.3) is 0 Å². The Balaban J connectivity index is 1.84. The molecule has 1 heterocycles. The van der Waals surface area contributed by atoms with Gasteiger partial charge in [-0.2, -0.15) is 0 Å². The predicted octanol–water partition coefficient (Wildman–Crippen LogP) is 3.57. The molecule has 19 heavy (non-hydrogen) atoms. The number of hydrogen-bond acceptors (Lipinski definition) is 3. The van der Waals surface area contributed by atoms with E-state index in [-0.39, 0.29) is 5.78 Å². The number of benzene rings is 1. The molecule has 103 valence electrons. The van der Waals surface area contributed by atoms with Crippen LogP contribution in [0.1, 0.15) is 29.6 Å². The molecule has 1 radical (unpaired) electrons. The van der Waals surface area contributed by atoms with Crippen LogP contribution in [0.15, 0.2) is 18.2 Å². The van der Waals surface area contributed by atoms with Gasteiger partial charge in [-0.05, 0) is 0 Å². The Morgan fingerprint density at radius 1 is 1.32 bits per heavy atom. The molecule has 0 unspecified atom stereocenters. The summed E-state index contributed by atoms with van der Waals surface area (Å²) in [6.07, 6.45) is 2.85. The Labute approximate surface area is 122 Å². The fourth-order valence-corrected chi connectivity index (χ4v) is 4.83. The Morgan fingerprint density at radius 3 is 2.95 bits per heavy atom. The van der Waals surface area contributed by atoms with Gasteiger partial charge in [0.1, 0.15) is 0 Å². The van der Waals surface area contributed by atoms with Gasteiger partial charge >= 0.3 is 122 Å². The molecule has 1 aromatic carbocycles. The first kappa shape index (κ1) is 14.7. The molecule has 4 heteroatoms. The summed E-state index contributed by atoms with van der Waals surface area (Å²) in [5.41, 5.74) is 0.668. The molecule has 0 aliphatic carbocycles. The molecule has 0 spiro atoms. The molecule has 0 fully saturated rings. The number of fused-ring (bicyclic) bond motifs is 1. The molecule has 0 N–H and O–H groups in total. The van der Waals surface area contributed by atoms with Gasteiger partial charge in [0, 0.05) is 0 Å². The van der Waals surface area contributed by atoms with E-state index in [1.165, 1.54) is 10.9 Å². The molecule has 2 rings (SSSR count). The molecule has 0 amide bonds. The zero-order chi connectivity index (χ0) is 13.7. The summed E-state index contributed by atoms with van der Waals surface area (Å²) in [4.78, 5) is 16.6. The molecule has 0 aromatic heterocycles. The molecule has 0 bridgehead atoms. The molecule has 0 saturated carbocycles. The third kappa shape index (κ3) is 4.40. The van der Waals surface area contributed by atoms with Gasteiger partial charge in [-0.1, -0.05) is 0 Å². The maximum absolute atomic E-state index is 11.8. The number of hydrogen-bond donors (Lipinski definition) is 0. The van der Waals surface area contributed by atoms with E-state index in [9.17, 15) is 4.79 Å². The number of carbonyl (C=O) groups excluding carboxylic acids is 1. The summed E-state index contributed by atoms with van der Waals surface area (Å²) < 4.78 is 12.6. The zero-order valence-electron chi connectivity index (χ0n) is 11.7. The van der Waals surface area contributed by atoms with Crippen molar-refractivity contribution in [2.24, 2.45) is 0 Å². The second kappa shape index (κ2) is 7.17. The topological polar surface area (TPSA) is 35.5 Å². The SMILES string of the molecule is [CH3][Sn]([CH3])[CH2]CCCOc1ccc2c(c1)C(=O)CCO2. The standard InChI is InChI=1S/C13H15O3.2CH3.Sn/c1-2-3-7-15-10-4-5-13-11(9-10)12(14)6-8-16-13;;;/h4-5,9H,1-3,6-8H2;2*1H3;. The second-order valence-corrected chi connectivity index (χ2v) is 13.5. The monoisotopic (exact) mass is 369 g/mol. The summed E-state index contributed by atoms with van der Waals surface area (Å²) in [5, 5.41) is 0. The third-order valence-corrected chi connectivity index (χ3v) is 7.04. The quantitative estimate of drug-likeness (QED) is 0.569. The van der Waals surface area contributed by atoms with E-state index in [0.717, 1.165) is 18.8 Å². The minimum atomic E-state index is -0.919. The van der Waals surface area contributed by atoms with E-state index in [1.807, 2.05) is 18.2 Å². The molecule has 1 aromatic rings. The van der Waals surface area contributed by atoms with Crippen LogP contribution in [0, 0.1) is 0 Å². The maximum atomic E-state index is 11.8. The molecular formula is C15H21O3Sn. The van der Waals surface area contributed by atoms with Gasteiger partial charge in [0.25, 0.3) is 0 Å². The van der Waals surface area contributed by atoms with E-state index in [4.69, 9.17) is 9.47 Å². The van der Waals surface area contributed by atoms with Crippen molar-refractivity contribution in [2.75, 3.05) is 13.2 Å². The van der Waals surface area contributed by atoms with Crippen molar-refractivity contribution >= 4 is 25.5 Å². The van der Waals surface area contributed by atoms with Crippen molar-refractivity contribution < 1.29 is 14.3 Å².